The quantitative estimate of drug-likeness (QED) is 0.807. The SMILES string of the molecule is O=C(Cc1cccc(Cl)c1)NCc1ccc(CBr)cc1. The number of carbonyl (C=O) groups excluding carboxylic acids is 1. The number of amides is 1. The van der Waals surface area contributed by atoms with E-state index in [9.17, 15) is 4.79 Å². The zero-order chi connectivity index (χ0) is 14.4. The fraction of sp³-hybridized carbons (Fsp3) is 0.188. The van der Waals surface area contributed by atoms with Gasteiger partial charge in [0.1, 0.15) is 0 Å². The van der Waals surface area contributed by atoms with Gasteiger partial charge in [0, 0.05) is 16.9 Å². The third-order valence-electron chi connectivity index (χ3n) is 2.92. The molecule has 0 fully saturated rings. The highest BCUT2D eigenvalue weighted by atomic mass is 79.9. The van der Waals surface area contributed by atoms with Crippen molar-refractivity contribution in [3.63, 3.8) is 0 Å². The van der Waals surface area contributed by atoms with Crippen LogP contribution in [-0.2, 0) is 23.1 Å². The van der Waals surface area contributed by atoms with E-state index in [1.807, 2.05) is 42.5 Å². The van der Waals surface area contributed by atoms with Gasteiger partial charge in [-0.05, 0) is 28.8 Å². The van der Waals surface area contributed by atoms with E-state index >= 15 is 0 Å². The molecule has 2 aromatic rings. The smallest absolute Gasteiger partial charge is 0.224 e. The Kier molecular flexibility index (Phi) is 5.62. The molecule has 0 radical (unpaired) electrons. The van der Waals surface area contributed by atoms with Crippen molar-refractivity contribution in [2.75, 3.05) is 0 Å². The molecule has 0 heterocycles. The van der Waals surface area contributed by atoms with Crippen molar-refractivity contribution in [2.45, 2.75) is 18.3 Å². The van der Waals surface area contributed by atoms with Crippen LogP contribution in [0, 0.1) is 0 Å². The normalized spacial score (nSPS) is 10.3. The van der Waals surface area contributed by atoms with Crippen LogP contribution in [0.1, 0.15) is 16.7 Å². The number of carbonyl (C=O) groups is 1. The first-order valence-electron chi connectivity index (χ1n) is 6.32. The highest BCUT2D eigenvalue weighted by Crippen LogP contribution is 2.11. The Morgan fingerprint density at radius 3 is 2.40 bits per heavy atom. The number of benzene rings is 2. The molecule has 2 nitrogen and oxygen atoms in total. The summed E-state index contributed by atoms with van der Waals surface area (Å²) in [5.74, 6) is -0.00293. The summed E-state index contributed by atoms with van der Waals surface area (Å²) in [7, 11) is 0. The average molecular weight is 353 g/mol. The van der Waals surface area contributed by atoms with Gasteiger partial charge in [-0.15, -0.1) is 0 Å². The van der Waals surface area contributed by atoms with Crippen molar-refractivity contribution < 1.29 is 4.79 Å². The van der Waals surface area contributed by atoms with Crippen LogP contribution in [0.5, 0.6) is 0 Å². The molecule has 0 bridgehead atoms. The molecule has 1 N–H and O–H groups in total. The Morgan fingerprint density at radius 1 is 1.05 bits per heavy atom. The lowest BCUT2D eigenvalue weighted by Gasteiger charge is -2.06. The number of rotatable bonds is 5. The van der Waals surface area contributed by atoms with Gasteiger partial charge in [-0.1, -0.05) is 63.9 Å². The molecule has 0 aliphatic carbocycles. The van der Waals surface area contributed by atoms with Gasteiger partial charge in [-0.2, -0.15) is 0 Å². The second kappa shape index (κ2) is 7.46. The molecule has 4 heteroatoms. The van der Waals surface area contributed by atoms with Crippen molar-refractivity contribution >= 4 is 33.4 Å². The molecule has 104 valence electrons. The Morgan fingerprint density at radius 2 is 1.75 bits per heavy atom. The molecule has 0 aliphatic rings. The lowest BCUT2D eigenvalue weighted by molar-refractivity contribution is -0.120. The van der Waals surface area contributed by atoms with Crippen LogP contribution in [0.3, 0.4) is 0 Å². The topological polar surface area (TPSA) is 29.1 Å². The summed E-state index contributed by atoms with van der Waals surface area (Å²) in [5, 5.41) is 4.41. The molecule has 0 atom stereocenters. The summed E-state index contributed by atoms with van der Waals surface area (Å²) < 4.78 is 0. The molecule has 20 heavy (non-hydrogen) atoms. The van der Waals surface area contributed by atoms with Crippen LogP contribution < -0.4 is 5.32 Å². The summed E-state index contributed by atoms with van der Waals surface area (Å²) >= 11 is 9.30. The van der Waals surface area contributed by atoms with Gasteiger partial charge in [0.05, 0.1) is 6.42 Å². The predicted molar refractivity (Wildman–Crippen MR) is 86.1 cm³/mol. The van der Waals surface area contributed by atoms with E-state index in [4.69, 9.17) is 11.6 Å². The van der Waals surface area contributed by atoms with Crippen LogP contribution in [0.4, 0.5) is 0 Å². The van der Waals surface area contributed by atoms with Gasteiger partial charge in [-0.25, -0.2) is 0 Å². The maximum absolute atomic E-state index is 11.9. The highest BCUT2D eigenvalue weighted by molar-refractivity contribution is 9.08. The number of hydrogen-bond donors (Lipinski definition) is 1. The van der Waals surface area contributed by atoms with Crippen molar-refractivity contribution in [3.05, 3.63) is 70.2 Å². The van der Waals surface area contributed by atoms with Crippen molar-refractivity contribution in [2.24, 2.45) is 0 Å². The minimum absolute atomic E-state index is 0.00293. The predicted octanol–water partition coefficient (Wildman–Crippen LogP) is 4.09. The first kappa shape index (κ1) is 15.1. The summed E-state index contributed by atoms with van der Waals surface area (Å²) in [6.07, 6.45) is 0.347. The second-order valence-electron chi connectivity index (χ2n) is 4.53. The number of nitrogens with one attached hydrogen (secondary N) is 1. The average Bonchev–Trinajstić information content (AvgIpc) is 2.46. The maximum Gasteiger partial charge on any atom is 0.224 e. The van der Waals surface area contributed by atoms with E-state index in [0.717, 1.165) is 16.5 Å². The molecule has 0 saturated carbocycles. The van der Waals surface area contributed by atoms with E-state index in [1.54, 1.807) is 6.07 Å². The van der Waals surface area contributed by atoms with Crippen molar-refractivity contribution in [3.8, 4) is 0 Å². The Bertz CT molecular complexity index is 583. The molecule has 2 rings (SSSR count). The van der Waals surface area contributed by atoms with Crippen LogP contribution in [-0.4, -0.2) is 5.91 Å². The fourth-order valence-corrected chi connectivity index (χ4v) is 2.43. The summed E-state index contributed by atoms with van der Waals surface area (Å²) in [6, 6.07) is 15.5. The second-order valence-corrected chi connectivity index (χ2v) is 5.53. The van der Waals surface area contributed by atoms with Crippen LogP contribution in [0.25, 0.3) is 0 Å². The third kappa shape index (κ3) is 4.66. The molecule has 0 unspecified atom stereocenters. The Labute approximate surface area is 132 Å². The summed E-state index contributed by atoms with van der Waals surface area (Å²) in [6.45, 7) is 0.544. The zero-order valence-electron chi connectivity index (χ0n) is 10.9. The van der Waals surface area contributed by atoms with Crippen LogP contribution >= 0.6 is 27.5 Å². The molecule has 0 spiro atoms. The standard InChI is InChI=1S/C16H15BrClNO/c17-10-12-4-6-13(7-5-12)11-19-16(20)9-14-2-1-3-15(18)8-14/h1-8H,9-11H2,(H,19,20). The van der Waals surface area contributed by atoms with Crippen molar-refractivity contribution in [1.29, 1.82) is 0 Å². The van der Waals surface area contributed by atoms with E-state index in [0.29, 0.717) is 18.0 Å². The number of hydrogen-bond acceptors (Lipinski definition) is 1. The van der Waals surface area contributed by atoms with Crippen molar-refractivity contribution in [1.82, 2.24) is 5.32 Å². The molecular formula is C16H15BrClNO. The molecule has 0 aliphatic heterocycles. The minimum atomic E-state index is -0.00293. The highest BCUT2D eigenvalue weighted by Gasteiger charge is 2.04. The van der Waals surface area contributed by atoms with E-state index < -0.39 is 0 Å². The molecule has 1 amide bonds. The van der Waals surface area contributed by atoms with Gasteiger partial charge in [0.15, 0.2) is 0 Å². The number of alkyl halides is 1. The number of halogens is 2. The lowest BCUT2D eigenvalue weighted by Crippen LogP contribution is -2.24. The molecule has 2 aromatic carbocycles. The van der Waals surface area contributed by atoms with Gasteiger partial charge in [-0.3, -0.25) is 4.79 Å². The fourth-order valence-electron chi connectivity index (χ4n) is 1.84. The van der Waals surface area contributed by atoms with Gasteiger partial charge < -0.3 is 5.32 Å². The van der Waals surface area contributed by atoms with E-state index in [-0.39, 0.29) is 5.91 Å². The minimum Gasteiger partial charge on any atom is -0.352 e. The first-order valence-corrected chi connectivity index (χ1v) is 7.82. The van der Waals surface area contributed by atoms with Crippen LogP contribution in [0.15, 0.2) is 48.5 Å². The Balaban J connectivity index is 1.85. The van der Waals surface area contributed by atoms with Crippen LogP contribution in [0.2, 0.25) is 5.02 Å². The van der Waals surface area contributed by atoms with Gasteiger partial charge in [0.2, 0.25) is 5.91 Å². The largest absolute Gasteiger partial charge is 0.352 e. The molecular weight excluding hydrogens is 338 g/mol. The van der Waals surface area contributed by atoms with Gasteiger partial charge in [0.25, 0.3) is 0 Å². The Hall–Kier alpha value is -1.32. The van der Waals surface area contributed by atoms with E-state index in [1.165, 1.54) is 5.56 Å². The molecule has 0 saturated heterocycles. The third-order valence-corrected chi connectivity index (χ3v) is 3.80. The zero-order valence-corrected chi connectivity index (χ0v) is 13.2. The summed E-state index contributed by atoms with van der Waals surface area (Å²) in [4.78, 5) is 11.9. The molecule has 0 aromatic heterocycles. The van der Waals surface area contributed by atoms with E-state index in [2.05, 4.69) is 21.2 Å². The lowest BCUT2D eigenvalue weighted by atomic mass is 10.1. The summed E-state index contributed by atoms with van der Waals surface area (Å²) in [5.41, 5.74) is 3.23. The van der Waals surface area contributed by atoms with Gasteiger partial charge >= 0.3 is 0 Å². The monoisotopic (exact) mass is 351 g/mol. The first-order chi connectivity index (χ1) is 9.67. The maximum atomic E-state index is 11.9.